The molecule has 0 bridgehead atoms. The van der Waals surface area contributed by atoms with Gasteiger partial charge in [0.2, 0.25) is 5.95 Å². The summed E-state index contributed by atoms with van der Waals surface area (Å²) in [6, 6.07) is 2.19. The summed E-state index contributed by atoms with van der Waals surface area (Å²) in [7, 11) is 0. The van der Waals surface area contributed by atoms with E-state index in [1.54, 1.807) is 6.07 Å². The number of rotatable bonds is 5. The Morgan fingerprint density at radius 1 is 1.29 bits per heavy atom. The molecule has 0 radical (unpaired) electrons. The molecule has 2 fully saturated rings. The van der Waals surface area contributed by atoms with Crippen LogP contribution in [0.5, 0.6) is 0 Å². The third-order valence-corrected chi connectivity index (χ3v) is 7.04. The molecule has 0 amide bonds. The maximum Gasteiger partial charge on any atom is 0.339 e. The molecule has 0 unspecified atom stereocenters. The molecule has 5 rings (SSSR count). The molecule has 0 atom stereocenters. The monoisotopic (exact) mass is 418 g/mol. The highest BCUT2D eigenvalue weighted by atomic mass is 32.2. The molecule has 2 aromatic heterocycles. The first kappa shape index (κ1) is 18.2. The number of thioether (sulfide) groups is 1. The lowest BCUT2D eigenvalue weighted by atomic mass is 10.1. The van der Waals surface area contributed by atoms with E-state index < -0.39 is 0 Å². The van der Waals surface area contributed by atoms with Gasteiger partial charge in [-0.3, -0.25) is 0 Å². The third kappa shape index (κ3) is 3.70. The van der Waals surface area contributed by atoms with Crippen molar-refractivity contribution in [2.75, 3.05) is 42.3 Å². The van der Waals surface area contributed by atoms with Gasteiger partial charge in [-0.1, -0.05) is 0 Å². The maximum atomic E-state index is 12.1. The minimum absolute atomic E-state index is 0.106. The molecule has 0 aliphatic carbocycles. The first-order valence-electron chi connectivity index (χ1n) is 9.62. The Morgan fingerprint density at radius 3 is 2.93 bits per heavy atom. The van der Waals surface area contributed by atoms with Gasteiger partial charge in [0.25, 0.3) is 0 Å². The average Bonchev–Trinajstić information content (AvgIpc) is 3.36. The first-order chi connectivity index (χ1) is 13.8. The highest BCUT2D eigenvalue weighted by molar-refractivity contribution is 7.99. The van der Waals surface area contributed by atoms with Gasteiger partial charge in [-0.25, -0.2) is 9.78 Å². The zero-order chi connectivity index (χ0) is 18.9. The fourth-order valence-electron chi connectivity index (χ4n) is 3.61. The lowest BCUT2D eigenvalue weighted by Gasteiger charge is -2.38. The number of aryl methyl sites for hydroxylation is 1. The Labute approximate surface area is 171 Å². The van der Waals surface area contributed by atoms with Crippen LogP contribution in [0, 0.1) is 0 Å². The van der Waals surface area contributed by atoms with E-state index in [9.17, 15) is 4.79 Å². The lowest BCUT2D eigenvalue weighted by Crippen LogP contribution is -2.53. The normalized spacial score (nSPS) is 19.9. The van der Waals surface area contributed by atoms with E-state index in [-0.39, 0.29) is 12.1 Å². The van der Waals surface area contributed by atoms with Crippen LogP contribution in [-0.4, -0.2) is 60.1 Å². The molecule has 7 nitrogen and oxygen atoms in total. The number of nitrogens with zero attached hydrogens (tertiary/aromatic N) is 3. The van der Waals surface area contributed by atoms with Crippen molar-refractivity contribution in [2.45, 2.75) is 36.3 Å². The SMILES string of the molecule is O=C(OC1CN(c2nc3c(c(NC4CCOCC4)n2)SCC3)C1)c1ccsc1. The van der Waals surface area contributed by atoms with Crippen molar-refractivity contribution in [1.82, 2.24) is 9.97 Å². The number of aromatic nitrogens is 2. The molecule has 9 heteroatoms. The summed E-state index contributed by atoms with van der Waals surface area (Å²) in [6.07, 6.45) is 2.87. The molecule has 0 spiro atoms. The van der Waals surface area contributed by atoms with E-state index in [0.717, 1.165) is 55.7 Å². The van der Waals surface area contributed by atoms with Crippen LogP contribution in [0.15, 0.2) is 21.7 Å². The molecule has 28 heavy (non-hydrogen) atoms. The fourth-order valence-corrected chi connectivity index (χ4v) is 5.29. The predicted molar refractivity (Wildman–Crippen MR) is 110 cm³/mol. The van der Waals surface area contributed by atoms with Crippen molar-refractivity contribution < 1.29 is 14.3 Å². The highest BCUT2D eigenvalue weighted by Gasteiger charge is 2.34. The van der Waals surface area contributed by atoms with Crippen molar-refractivity contribution >= 4 is 40.8 Å². The van der Waals surface area contributed by atoms with Gasteiger partial charge >= 0.3 is 5.97 Å². The second kappa shape index (κ2) is 7.88. The molecule has 5 heterocycles. The van der Waals surface area contributed by atoms with Gasteiger partial charge in [0.15, 0.2) is 0 Å². The van der Waals surface area contributed by atoms with Crippen LogP contribution < -0.4 is 10.2 Å². The third-order valence-electron chi connectivity index (χ3n) is 5.23. The van der Waals surface area contributed by atoms with Crippen molar-refractivity contribution in [3.05, 3.63) is 28.1 Å². The van der Waals surface area contributed by atoms with E-state index in [0.29, 0.717) is 24.7 Å². The molecule has 0 saturated carbocycles. The Balaban J connectivity index is 1.26. The van der Waals surface area contributed by atoms with Crippen molar-refractivity contribution in [1.29, 1.82) is 0 Å². The van der Waals surface area contributed by atoms with Crippen LogP contribution >= 0.6 is 23.1 Å². The van der Waals surface area contributed by atoms with Crippen LogP contribution in [0.1, 0.15) is 28.9 Å². The number of esters is 1. The van der Waals surface area contributed by atoms with Crippen LogP contribution in [0.3, 0.4) is 0 Å². The largest absolute Gasteiger partial charge is 0.455 e. The maximum absolute atomic E-state index is 12.1. The number of hydrogen-bond donors (Lipinski definition) is 1. The molecule has 148 valence electrons. The number of carbonyl (C=O) groups excluding carboxylic acids is 1. The zero-order valence-corrected chi connectivity index (χ0v) is 17.1. The summed E-state index contributed by atoms with van der Waals surface area (Å²) in [4.78, 5) is 25.0. The molecule has 2 saturated heterocycles. The number of thiophene rings is 1. The van der Waals surface area contributed by atoms with Gasteiger partial charge in [-0.2, -0.15) is 16.3 Å². The number of hydrogen-bond acceptors (Lipinski definition) is 9. The summed E-state index contributed by atoms with van der Waals surface area (Å²) in [5.74, 6) is 2.49. The van der Waals surface area contributed by atoms with Gasteiger partial charge in [0.05, 0.1) is 29.2 Å². The average molecular weight is 419 g/mol. The quantitative estimate of drug-likeness (QED) is 0.743. The van der Waals surface area contributed by atoms with E-state index >= 15 is 0 Å². The highest BCUT2D eigenvalue weighted by Crippen LogP contribution is 2.38. The smallest absolute Gasteiger partial charge is 0.339 e. The molecule has 3 aliphatic rings. The standard InChI is InChI=1S/C19H22N4O3S2/c24-18(12-3-7-27-11-12)26-14-9-23(10-14)19-21-15-4-8-28-16(15)17(22-19)20-13-1-5-25-6-2-13/h3,7,11,13-14H,1-2,4-6,8-10H2,(H,20,21,22). The van der Waals surface area contributed by atoms with Crippen LogP contribution in [0.25, 0.3) is 0 Å². The van der Waals surface area contributed by atoms with Gasteiger partial charge < -0.3 is 19.7 Å². The van der Waals surface area contributed by atoms with E-state index in [1.165, 1.54) is 16.2 Å². The number of ether oxygens (including phenoxy) is 2. The Morgan fingerprint density at radius 2 is 2.14 bits per heavy atom. The summed E-state index contributed by atoms with van der Waals surface area (Å²) in [5, 5.41) is 7.32. The van der Waals surface area contributed by atoms with E-state index in [1.807, 2.05) is 22.5 Å². The Bertz CT molecular complexity index is 849. The van der Waals surface area contributed by atoms with Crippen LogP contribution in [-0.2, 0) is 15.9 Å². The van der Waals surface area contributed by atoms with Crippen LogP contribution in [0.4, 0.5) is 11.8 Å². The number of fused-ring (bicyclic) bond motifs is 1. The van der Waals surface area contributed by atoms with E-state index in [2.05, 4.69) is 10.2 Å². The van der Waals surface area contributed by atoms with Gasteiger partial charge in [-0.05, 0) is 24.3 Å². The summed E-state index contributed by atoms with van der Waals surface area (Å²) < 4.78 is 11.0. The summed E-state index contributed by atoms with van der Waals surface area (Å²) >= 11 is 3.33. The first-order valence-corrected chi connectivity index (χ1v) is 11.6. The second-order valence-electron chi connectivity index (χ2n) is 7.22. The molecular formula is C19H22N4O3S2. The van der Waals surface area contributed by atoms with Crippen molar-refractivity contribution in [2.24, 2.45) is 0 Å². The number of nitrogens with one attached hydrogen (secondary N) is 1. The molecule has 0 aromatic carbocycles. The zero-order valence-electron chi connectivity index (χ0n) is 15.4. The molecule has 2 aromatic rings. The molecule has 3 aliphatic heterocycles. The minimum Gasteiger partial charge on any atom is -0.455 e. The second-order valence-corrected chi connectivity index (χ2v) is 9.11. The topological polar surface area (TPSA) is 76.6 Å². The van der Waals surface area contributed by atoms with Gasteiger partial charge in [0, 0.05) is 36.8 Å². The van der Waals surface area contributed by atoms with Gasteiger partial charge in [0.1, 0.15) is 11.9 Å². The lowest BCUT2D eigenvalue weighted by molar-refractivity contribution is 0.0232. The van der Waals surface area contributed by atoms with Crippen LogP contribution in [0.2, 0.25) is 0 Å². The van der Waals surface area contributed by atoms with E-state index in [4.69, 9.17) is 19.4 Å². The fraction of sp³-hybridized carbons (Fsp3) is 0.526. The predicted octanol–water partition coefficient (Wildman–Crippen LogP) is 2.82. The van der Waals surface area contributed by atoms with Crippen molar-refractivity contribution in [3.8, 4) is 0 Å². The summed E-state index contributed by atoms with van der Waals surface area (Å²) in [6.45, 7) is 2.87. The van der Waals surface area contributed by atoms with Gasteiger partial charge in [-0.15, -0.1) is 11.8 Å². The Kier molecular flexibility index (Phi) is 5.13. The van der Waals surface area contributed by atoms with Crippen molar-refractivity contribution in [3.63, 3.8) is 0 Å². The number of anilines is 2. The Hall–Kier alpha value is -1.84. The summed E-state index contributed by atoms with van der Waals surface area (Å²) in [5.41, 5.74) is 1.75. The number of carbonyl (C=O) groups is 1. The minimum atomic E-state index is -0.251. The molecular weight excluding hydrogens is 396 g/mol. The molecule has 1 N–H and O–H groups in total.